The molecule has 5 atom stereocenters. The molecular weight excluding hydrogens is 400 g/mol. The maximum Gasteiger partial charge on any atom is 0.0537 e. The molecule has 5 aliphatic rings. The summed E-state index contributed by atoms with van der Waals surface area (Å²) in [5.74, 6) is 1.27. The summed E-state index contributed by atoms with van der Waals surface area (Å²) < 4.78 is 0. The SMILES string of the molecule is CNC(C1=CC=CCC1)c1ccc2c(c1)N(C1=CC=CCC1)C1CCC3(C)CCC=CC3C21. The van der Waals surface area contributed by atoms with Crippen molar-refractivity contribution in [1.82, 2.24) is 5.32 Å². The summed E-state index contributed by atoms with van der Waals surface area (Å²) in [5.41, 5.74) is 7.97. The summed E-state index contributed by atoms with van der Waals surface area (Å²) in [4.78, 5) is 2.77. The third-order valence-electron chi connectivity index (χ3n) is 9.19. The van der Waals surface area contributed by atoms with Crippen LogP contribution in [-0.2, 0) is 0 Å². The van der Waals surface area contributed by atoms with Crippen LogP contribution in [0.25, 0.3) is 0 Å². The van der Waals surface area contributed by atoms with Gasteiger partial charge in [0.15, 0.2) is 0 Å². The van der Waals surface area contributed by atoms with Crippen LogP contribution >= 0.6 is 0 Å². The topological polar surface area (TPSA) is 15.3 Å². The van der Waals surface area contributed by atoms with E-state index in [1.54, 1.807) is 5.56 Å². The molecule has 1 aliphatic heterocycles. The van der Waals surface area contributed by atoms with Crippen molar-refractivity contribution >= 4 is 5.69 Å². The molecule has 1 fully saturated rings. The number of allylic oxidation sites excluding steroid dienone is 9. The Morgan fingerprint density at radius 3 is 2.61 bits per heavy atom. The van der Waals surface area contributed by atoms with E-state index in [1.165, 1.54) is 48.2 Å². The van der Waals surface area contributed by atoms with E-state index in [0.717, 1.165) is 25.7 Å². The van der Waals surface area contributed by atoms with Gasteiger partial charge in [-0.25, -0.2) is 0 Å². The van der Waals surface area contributed by atoms with Crippen LogP contribution < -0.4 is 10.2 Å². The summed E-state index contributed by atoms with van der Waals surface area (Å²) in [6.45, 7) is 2.57. The highest BCUT2D eigenvalue weighted by molar-refractivity contribution is 5.69. The van der Waals surface area contributed by atoms with E-state index in [9.17, 15) is 0 Å². The summed E-state index contributed by atoms with van der Waals surface area (Å²) in [6.07, 6.45) is 28.7. The van der Waals surface area contributed by atoms with Gasteiger partial charge in [0, 0.05) is 23.3 Å². The minimum Gasteiger partial charge on any atom is -0.341 e. The number of hydrogen-bond acceptors (Lipinski definition) is 2. The van der Waals surface area contributed by atoms with Crippen molar-refractivity contribution in [3.63, 3.8) is 0 Å². The number of likely N-dealkylation sites (N-methyl/N-ethyl adjacent to an activating group) is 1. The normalized spacial score (nSPS) is 33.2. The molecule has 0 amide bonds. The molecule has 1 saturated carbocycles. The van der Waals surface area contributed by atoms with Gasteiger partial charge in [-0.2, -0.15) is 0 Å². The Morgan fingerprint density at radius 2 is 1.85 bits per heavy atom. The lowest BCUT2D eigenvalue weighted by Crippen LogP contribution is -2.46. The number of hydrogen-bond donors (Lipinski definition) is 1. The first-order chi connectivity index (χ1) is 16.2. The molecule has 2 heteroatoms. The number of benzene rings is 1. The lowest BCUT2D eigenvalue weighted by molar-refractivity contribution is 0.101. The second-order valence-electron chi connectivity index (χ2n) is 11.0. The first-order valence-electron chi connectivity index (χ1n) is 13.2. The molecule has 2 nitrogen and oxygen atoms in total. The predicted octanol–water partition coefficient (Wildman–Crippen LogP) is 7.50. The molecule has 1 aromatic carbocycles. The Balaban J connectivity index is 1.46. The molecule has 33 heavy (non-hydrogen) atoms. The van der Waals surface area contributed by atoms with Crippen LogP contribution in [0.1, 0.15) is 81.4 Å². The summed E-state index contributed by atoms with van der Waals surface area (Å²) in [7, 11) is 2.11. The van der Waals surface area contributed by atoms with Gasteiger partial charge >= 0.3 is 0 Å². The maximum atomic E-state index is 3.63. The fourth-order valence-electron chi connectivity index (χ4n) is 7.48. The van der Waals surface area contributed by atoms with E-state index in [1.807, 2.05) is 0 Å². The van der Waals surface area contributed by atoms with Crippen LogP contribution in [0.3, 0.4) is 0 Å². The number of fused-ring (bicyclic) bond motifs is 5. The second kappa shape index (κ2) is 8.47. The summed E-state index contributed by atoms with van der Waals surface area (Å²) >= 11 is 0. The Kier molecular flexibility index (Phi) is 5.45. The second-order valence-corrected chi connectivity index (χ2v) is 11.0. The molecule has 6 rings (SSSR count). The zero-order valence-corrected chi connectivity index (χ0v) is 20.3. The van der Waals surface area contributed by atoms with Gasteiger partial charge in [-0.1, -0.05) is 61.6 Å². The van der Waals surface area contributed by atoms with Gasteiger partial charge in [-0.15, -0.1) is 0 Å². The molecule has 1 heterocycles. The van der Waals surface area contributed by atoms with Crippen molar-refractivity contribution in [3.05, 3.63) is 89.2 Å². The number of rotatable bonds is 4. The molecule has 0 spiro atoms. The van der Waals surface area contributed by atoms with Gasteiger partial charge in [-0.05, 0) is 98.6 Å². The van der Waals surface area contributed by atoms with Crippen molar-refractivity contribution in [2.45, 2.75) is 76.3 Å². The average Bonchev–Trinajstić information content (AvgIpc) is 3.19. The minimum absolute atomic E-state index is 0.296. The van der Waals surface area contributed by atoms with Crippen LogP contribution in [-0.4, -0.2) is 13.1 Å². The standard InChI is InChI=1S/C31H38N2/c1-31-19-10-9-15-26(31)29-25-17-16-23(30(32-2)22-11-5-3-6-12-22)21-28(25)33(27(29)18-20-31)24-13-7-4-8-14-24/h3-5,7,9,11,13,15-17,21,26-27,29-30,32H,6,8,10,12,14,18-20H2,1-2H3. The zero-order chi connectivity index (χ0) is 22.4. The fraction of sp³-hybridized carbons (Fsp3) is 0.484. The van der Waals surface area contributed by atoms with Crippen LogP contribution in [0.15, 0.2) is 78.1 Å². The van der Waals surface area contributed by atoms with Gasteiger partial charge in [0.1, 0.15) is 0 Å². The maximum absolute atomic E-state index is 3.63. The average molecular weight is 439 g/mol. The van der Waals surface area contributed by atoms with Crippen LogP contribution in [0.4, 0.5) is 5.69 Å². The van der Waals surface area contributed by atoms with Crippen molar-refractivity contribution < 1.29 is 0 Å². The first-order valence-corrected chi connectivity index (χ1v) is 13.2. The third kappa shape index (κ3) is 3.49. The highest BCUT2D eigenvalue weighted by Gasteiger charge is 2.52. The van der Waals surface area contributed by atoms with E-state index in [0.29, 0.717) is 29.3 Å². The first kappa shape index (κ1) is 21.2. The van der Waals surface area contributed by atoms with Crippen molar-refractivity contribution in [2.75, 3.05) is 11.9 Å². The van der Waals surface area contributed by atoms with Crippen molar-refractivity contribution in [3.8, 4) is 0 Å². The van der Waals surface area contributed by atoms with Gasteiger partial charge < -0.3 is 10.2 Å². The van der Waals surface area contributed by atoms with Gasteiger partial charge in [0.25, 0.3) is 0 Å². The molecule has 0 saturated heterocycles. The fourth-order valence-corrected chi connectivity index (χ4v) is 7.48. The molecule has 0 radical (unpaired) electrons. The lowest BCUT2D eigenvalue weighted by atomic mass is 9.57. The molecule has 172 valence electrons. The van der Waals surface area contributed by atoms with Gasteiger partial charge in [-0.3, -0.25) is 0 Å². The molecule has 1 aromatic rings. The third-order valence-corrected chi connectivity index (χ3v) is 9.19. The van der Waals surface area contributed by atoms with Crippen LogP contribution in [0, 0.1) is 11.3 Å². The van der Waals surface area contributed by atoms with Crippen LogP contribution in [0.2, 0.25) is 0 Å². The monoisotopic (exact) mass is 438 g/mol. The highest BCUT2D eigenvalue weighted by atomic mass is 15.2. The smallest absolute Gasteiger partial charge is 0.0537 e. The Morgan fingerprint density at radius 1 is 1.00 bits per heavy atom. The van der Waals surface area contributed by atoms with Gasteiger partial charge in [0.05, 0.1) is 6.04 Å². The molecule has 5 unspecified atom stereocenters. The molecule has 0 aromatic heterocycles. The summed E-state index contributed by atoms with van der Waals surface area (Å²) in [6, 6.07) is 8.35. The molecular formula is C31H38N2. The van der Waals surface area contributed by atoms with E-state index >= 15 is 0 Å². The zero-order valence-electron chi connectivity index (χ0n) is 20.3. The molecule has 4 aliphatic carbocycles. The van der Waals surface area contributed by atoms with Crippen molar-refractivity contribution in [2.24, 2.45) is 11.3 Å². The number of nitrogens with one attached hydrogen (secondary N) is 1. The molecule has 1 N–H and O–H groups in total. The predicted molar refractivity (Wildman–Crippen MR) is 139 cm³/mol. The van der Waals surface area contributed by atoms with E-state index in [4.69, 9.17) is 0 Å². The lowest BCUT2D eigenvalue weighted by Gasteiger charge is -2.50. The number of anilines is 1. The Hall–Kier alpha value is -2.32. The van der Waals surface area contributed by atoms with Crippen LogP contribution in [0.5, 0.6) is 0 Å². The van der Waals surface area contributed by atoms with Crippen molar-refractivity contribution in [1.29, 1.82) is 0 Å². The quantitative estimate of drug-likeness (QED) is 0.490. The molecule has 0 bridgehead atoms. The largest absolute Gasteiger partial charge is 0.341 e. The highest BCUT2D eigenvalue weighted by Crippen LogP contribution is 2.60. The van der Waals surface area contributed by atoms with E-state index in [-0.39, 0.29) is 0 Å². The van der Waals surface area contributed by atoms with E-state index in [2.05, 4.69) is 91.0 Å². The number of nitrogens with zero attached hydrogens (tertiary/aromatic N) is 1. The minimum atomic E-state index is 0.296. The van der Waals surface area contributed by atoms with Gasteiger partial charge in [0.2, 0.25) is 0 Å². The van der Waals surface area contributed by atoms with E-state index < -0.39 is 0 Å². The Labute approximate surface area is 199 Å². The Bertz CT molecular complexity index is 1070. The summed E-state index contributed by atoms with van der Waals surface area (Å²) in [5, 5.41) is 3.63.